The molecule has 5 nitrogen and oxygen atoms in total. The van der Waals surface area contributed by atoms with Crippen LogP contribution in [0.2, 0.25) is 0 Å². The molecule has 3 fully saturated rings. The Kier molecular flexibility index (Phi) is 7.45. The highest BCUT2D eigenvalue weighted by Gasteiger charge is 2.39. The summed E-state index contributed by atoms with van der Waals surface area (Å²) in [6, 6.07) is 10.7. The molecule has 0 radical (unpaired) electrons. The first-order valence-electron chi connectivity index (χ1n) is 11.9. The molecule has 0 bridgehead atoms. The van der Waals surface area contributed by atoms with Gasteiger partial charge in [0.2, 0.25) is 0 Å². The topological polar surface area (TPSA) is 40.1 Å². The molecule has 0 aliphatic carbocycles. The van der Waals surface area contributed by atoms with E-state index in [4.69, 9.17) is 9.73 Å². The highest BCUT2D eigenvalue weighted by atomic mass is 16.5. The van der Waals surface area contributed by atoms with Gasteiger partial charge in [0.1, 0.15) is 0 Å². The molecule has 0 saturated carbocycles. The second-order valence-corrected chi connectivity index (χ2v) is 8.90. The number of rotatable bonds is 5. The fraction of sp³-hybridized carbons (Fsp3) is 0.640. The molecule has 0 amide bonds. The summed E-state index contributed by atoms with van der Waals surface area (Å²) < 4.78 is 5.71. The first-order valence-corrected chi connectivity index (χ1v) is 11.9. The fourth-order valence-electron chi connectivity index (χ4n) is 5.10. The third-order valence-corrected chi connectivity index (χ3v) is 6.93. The van der Waals surface area contributed by atoms with Crippen molar-refractivity contribution < 1.29 is 4.74 Å². The minimum absolute atomic E-state index is 0.198. The molecule has 164 valence electrons. The molecule has 1 aromatic rings. The molecular formula is C25H38N4O. The Labute approximate surface area is 182 Å². The van der Waals surface area contributed by atoms with E-state index in [0.717, 1.165) is 71.0 Å². The van der Waals surface area contributed by atoms with Gasteiger partial charge in [-0.15, -0.1) is 0 Å². The lowest BCUT2D eigenvalue weighted by atomic mass is 9.88. The SMILES string of the molecule is CCNC(=NCC1(N2CCCC2)CCOCC1)N1CCC(=Cc2ccccc2)CC1. The van der Waals surface area contributed by atoms with Crippen molar-refractivity contribution in [3.05, 3.63) is 41.5 Å². The maximum atomic E-state index is 5.71. The van der Waals surface area contributed by atoms with Gasteiger partial charge in [-0.1, -0.05) is 42.0 Å². The number of aliphatic imine (C=N–C) groups is 1. The van der Waals surface area contributed by atoms with E-state index in [2.05, 4.69) is 58.4 Å². The van der Waals surface area contributed by atoms with E-state index in [9.17, 15) is 0 Å². The fourth-order valence-corrected chi connectivity index (χ4v) is 5.10. The van der Waals surface area contributed by atoms with Gasteiger partial charge in [0, 0.05) is 38.4 Å². The molecule has 0 aromatic heterocycles. The minimum atomic E-state index is 0.198. The Hall–Kier alpha value is -1.85. The number of ether oxygens (including phenoxy) is 1. The van der Waals surface area contributed by atoms with Crippen molar-refractivity contribution in [1.29, 1.82) is 0 Å². The molecule has 3 aliphatic heterocycles. The van der Waals surface area contributed by atoms with Crippen molar-refractivity contribution in [2.75, 3.05) is 52.5 Å². The van der Waals surface area contributed by atoms with Gasteiger partial charge in [0.05, 0.1) is 6.54 Å². The van der Waals surface area contributed by atoms with Gasteiger partial charge < -0.3 is 15.0 Å². The van der Waals surface area contributed by atoms with E-state index in [-0.39, 0.29) is 5.54 Å². The number of benzene rings is 1. The van der Waals surface area contributed by atoms with Crippen LogP contribution in [0.1, 0.15) is 51.0 Å². The van der Waals surface area contributed by atoms with Gasteiger partial charge in [-0.3, -0.25) is 9.89 Å². The second kappa shape index (κ2) is 10.5. The van der Waals surface area contributed by atoms with Crippen LogP contribution in [0.3, 0.4) is 0 Å². The van der Waals surface area contributed by atoms with Crippen molar-refractivity contribution in [2.24, 2.45) is 4.99 Å². The quantitative estimate of drug-likeness (QED) is 0.592. The van der Waals surface area contributed by atoms with Crippen LogP contribution in [0.4, 0.5) is 0 Å². The van der Waals surface area contributed by atoms with E-state index in [0.29, 0.717) is 0 Å². The van der Waals surface area contributed by atoms with E-state index in [1.165, 1.54) is 31.5 Å². The number of hydrogen-bond donors (Lipinski definition) is 1. The summed E-state index contributed by atoms with van der Waals surface area (Å²) in [5.74, 6) is 1.10. The monoisotopic (exact) mass is 410 g/mol. The van der Waals surface area contributed by atoms with Crippen LogP contribution in [-0.2, 0) is 4.74 Å². The van der Waals surface area contributed by atoms with Crippen LogP contribution in [0, 0.1) is 0 Å². The van der Waals surface area contributed by atoms with E-state index in [1.54, 1.807) is 5.57 Å². The number of nitrogens with one attached hydrogen (secondary N) is 1. The Morgan fingerprint density at radius 3 is 2.43 bits per heavy atom. The molecule has 1 aromatic carbocycles. The number of guanidine groups is 1. The van der Waals surface area contributed by atoms with E-state index < -0.39 is 0 Å². The zero-order valence-corrected chi connectivity index (χ0v) is 18.6. The van der Waals surface area contributed by atoms with Crippen molar-refractivity contribution in [1.82, 2.24) is 15.1 Å². The number of piperidine rings is 1. The van der Waals surface area contributed by atoms with Gasteiger partial charge in [0.15, 0.2) is 5.96 Å². The third-order valence-electron chi connectivity index (χ3n) is 6.93. The largest absolute Gasteiger partial charge is 0.381 e. The molecule has 0 atom stereocenters. The first-order chi connectivity index (χ1) is 14.8. The van der Waals surface area contributed by atoms with E-state index >= 15 is 0 Å². The van der Waals surface area contributed by atoms with Gasteiger partial charge in [-0.25, -0.2) is 0 Å². The Morgan fingerprint density at radius 2 is 1.77 bits per heavy atom. The normalized spacial score (nSPS) is 22.9. The molecule has 3 heterocycles. The summed E-state index contributed by atoms with van der Waals surface area (Å²) in [5.41, 5.74) is 3.06. The molecule has 0 spiro atoms. The molecule has 3 saturated heterocycles. The number of likely N-dealkylation sites (tertiary alicyclic amines) is 2. The maximum Gasteiger partial charge on any atom is 0.194 e. The summed E-state index contributed by atoms with van der Waals surface area (Å²) in [4.78, 5) is 10.4. The van der Waals surface area contributed by atoms with Gasteiger partial charge in [-0.05, 0) is 64.1 Å². The second-order valence-electron chi connectivity index (χ2n) is 8.90. The summed E-state index contributed by atoms with van der Waals surface area (Å²) >= 11 is 0. The molecule has 3 aliphatic rings. The van der Waals surface area contributed by atoms with Crippen LogP contribution in [0.15, 0.2) is 40.9 Å². The van der Waals surface area contributed by atoms with Crippen molar-refractivity contribution in [3.8, 4) is 0 Å². The summed E-state index contributed by atoms with van der Waals surface area (Å²) in [6.45, 7) is 10.3. The van der Waals surface area contributed by atoms with Gasteiger partial charge >= 0.3 is 0 Å². The molecule has 4 rings (SSSR count). The molecule has 30 heavy (non-hydrogen) atoms. The standard InChI is InChI=1S/C25H38N4O/c1-2-26-24(27-21-25(12-18-30-19-13-25)29-14-6-7-15-29)28-16-10-23(11-17-28)20-22-8-4-3-5-9-22/h3-5,8-9,20H,2,6-7,10-19,21H2,1H3,(H,26,27). The van der Waals surface area contributed by atoms with Crippen LogP contribution < -0.4 is 5.32 Å². The van der Waals surface area contributed by atoms with Crippen molar-refractivity contribution in [3.63, 3.8) is 0 Å². The third kappa shape index (κ3) is 5.25. The van der Waals surface area contributed by atoms with Crippen LogP contribution in [-0.4, -0.2) is 73.8 Å². The smallest absolute Gasteiger partial charge is 0.194 e. The highest BCUT2D eigenvalue weighted by molar-refractivity contribution is 5.80. The molecular weight excluding hydrogens is 372 g/mol. The van der Waals surface area contributed by atoms with Crippen LogP contribution in [0.25, 0.3) is 6.08 Å². The minimum Gasteiger partial charge on any atom is -0.381 e. The summed E-state index contributed by atoms with van der Waals surface area (Å²) in [5, 5.41) is 3.57. The lowest BCUT2D eigenvalue weighted by Crippen LogP contribution is -2.54. The lowest BCUT2D eigenvalue weighted by Gasteiger charge is -2.44. The van der Waals surface area contributed by atoms with Crippen molar-refractivity contribution >= 4 is 12.0 Å². The average Bonchev–Trinajstić information content (AvgIpc) is 3.34. The lowest BCUT2D eigenvalue weighted by molar-refractivity contribution is -0.0140. The van der Waals surface area contributed by atoms with Crippen LogP contribution >= 0.6 is 0 Å². The predicted octanol–water partition coefficient (Wildman–Crippen LogP) is 3.78. The van der Waals surface area contributed by atoms with Crippen LogP contribution in [0.5, 0.6) is 0 Å². The predicted molar refractivity (Wildman–Crippen MR) is 125 cm³/mol. The Balaban J connectivity index is 1.41. The molecule has 1 N–H and O–H groups in total. The Bertz CT molecular complexity index is 708. The Morgan fingerprint density at radius 1 is 1.07 bits per heavy atom. The van der Waals surface area contributed by atoms with Gasteiger partial charge in [-0.2, -0.15) is 0 Å². The summed E-state index contributed by atoms with van der Waals surface area (Å²) in [6.07, 6.45) is 9.48. The highest BCUT2D eigenvalue weighted by Crippen LogP contribution is 2.32. The average molecular weight is 411 g/mol. The first kappa shape index (κ1) is 21.4. The van der Waals surface area contributed by atoms with E-state index in [1.807, 2.05) is 0 Å². The zero-order chi connectivity index (χ0) is 20.7. The summed E-state index contributed by atoms with van der Waals surface area (Å²) in [7, 11) is 0. The number of nitrogens with zero attached hydrogens (tertiary/aromatic N) is 3. The maximum absolute atomic E-state index is 5.71. The molecule has 5 heteroatoms. The number of hydrogen-bond acceptors (Lipinski definition) is 3. The molecule has 0 unspecified atom stereocenters. The van der Waals surface area contributed by atoms with Gasteiger partial charge in [0.25, 0.3) is 0 Å². The van der Waals surface area contributed by atoms with Crippen molar-refractivity contribution in [2.45, 2.75) is 51.0 Å². The zero-order valence-electron chi connectivity index (χ0n) is 18.6.